The summed E-state index contributed by atoms with van der Waals surface area (Å²) >= 11 is 3.37. The standard InChI is InChI=1S/C14H15BrN2O3/c1-19-8-7-17-13(11(15)9-16-17)14(18)10-5-3-4-6-12(10)20-2/h3-6,9H,7-8H2,1-2H3. The molecule has 0 saturated heterocycles. The number of carbonyl (C=O) groups is 1. The second-order valence-electron chi connectivity index (χ2n) is 4.09. The van der Waals surface area contributed by atoms with Gasteiger partial charge in [-0.3, -0.25) is 9.48 Å². The molecule has 5 nitrogen and oxygen atoms in total. The van der Waals surface area contributed by atoms with Gasteiger partial charge in [0.2, 0.25) is 5.78 Å². The topological polar surface area (TPSA) is 53.4 Å². The molecule has 0 N–H and O–H groups in total. The Morgan fingerprint density at radius 2 is 2.10 bits per heavy atom. The van der Waals surface area contributed by atoms with Crippen molar-refractivity contribution >= 4 is 21.7 Å². The summed E-state index contributed by atoms with van der Waals surface area (Å²) in [7, 11) is 3.16. The van der Waals surface area contributed by atoms with E-state index in [1.807, 2.05) is 6.07 Å². The molecule has 0 spiro atoms. The average molecular weight is 339 g/mol. The molecule has 0 bridgehead atoms. The molecule has 0 saturated carbocycles. The summed E-state index contributed by atoms with van der Waals surface area (Å²) in [5, 5.41) is 4.18. The average Bonchev–Trinajstić information content (AvgIpc) is 2.85. The molecule has 0 radical (unpaired) electrons. The lowest BCUT2D eigenvalue weighted by Crippen LogP contribution is -2.15. The van der Waals surface area contributed by atoms with Gasteiger partial charge in [-0.05, 0) is 28.1 Å². The minimum atomic E-state index is -0.136. The third-order valence-electron chi connectivity index (χ3n) is 2.87. The predicted molar refractivity (Wildman–Crippen MR) is 78.2 cm³/mol. The van der Waals surface area contributed by atoms with Gasteiger partial charge in [-0.1, -0.05) is 12.1 Å². The van der Waals surface area contributed by atoms with E-state index < -0.39 is 0 Å². The summed E-state index contributed by atoms with van der Waals surface area (Å²) in [6.07, 6.45) is 1.61. The van der Waals surface area contributed by atoms with Crippen molar-refractivity contribution in [3.8, 4) is 5.75 Å². The number of para-hydroxylation sites is 1. The molecule has 0 amide bonds. The number of ether oxygens (including phenoxy) is 2. The SMILES string of the molecule is COCCn1ncc(Br)c1C(=O)c1ccccc1OC. The molecule has 106 valence electrons. The molecule has 0 fully saturated rings. The first kappa shape index (κ1) is 14.7. The molecule has 0 aliphatic carbocycles. The fourth-order valence-electron chi connectivity index (χ4n) is 1.90. The van der Waals surface area contributed by atoms with Gasteiger partial charge >= 0.3 is 0 Å². The Balaban J connectivity index is 2.40. The number of methoxy groups -OCH3 is 2. The van der Waals surface area contributed by atoms with Gasteiger partial charge in [0.25, 0.3) is 0 Å². The van der Waals surface area contributed by atoms with Crippen LogP contribution in [0.25, 0.3) is 0 Å². The molecule has 0 unspecified atom stereocenters. The lowest BCUT2D eigenvalue weighted by Gasteiger charge is -2.09. The largest absolute Gasteiger partial charge is 0.496 e. The highest BCUT2D eigenvalue weighted by molar-refractivity contribution is 9.10. The van der Waals surface area contributed by atoms with Crippen LogP contribution in [0.2, 0.25) is 0 Å². The predicted octanol–water partition coefficient (Wildman–Crippen LogP) is 2.53. The first-order valence-electron chi connectivity index (χ1n) is 6.07. The molecule has 0 atom stereocenters. The molecule has 2 aromatic rings. The van der Waals surface area contributed by atoms with E-state index in [-0.39, 0.29) is 5.78 Å². The molecule has 2 rings (SSSR count). The number of benzene rings is 1. The van der Waals surface area contributed by atoms with Gasteiger partial charge in [-0.15, -0.1) is 0 Å². The third-order valence-corrected chi connectivity index (χ3v) is 3.45. The molecule has 6 heteroatoms. The molecule has 20 heavy (non-hydrogen) atoms. The first-order valence-corrected chi connectivity index (χ1v) is 6.86. The Labute approximate surface area is 125 Å². The van der Waals surface area contributed by atoms with Crippen LogP contribution in [0.15, 0.2) is 34.9 Å². The molecule has 1 heterocycles. The Morgan fingerprint density at radius 1 is 1.35 bits per heavy atom. The summed E-state index contributed by atoms with van der Waals surface area (Å²) in [6, 6.07) is 7.13. The minimum Gasteiger partial charge on any atom is -0.496 e. The highest BCUT2D eigenvalue weighted by Gasteiger charge is 2.21. The smallest absolute Gasteiger partial charge is 0.215 e. The highest BCUT2D eigenvalue weighted by atomic mass is 79.9. The molecular formula is C14H15BrN2O3. The number of nitrogens with zero attached hydrogens (tertiary/aromatic N) is 2. The van der Waals surface area contributed by atoms with Crippen molar-refractivity contribution in [1.29, 1.82) is 0 Å². The van der Waals surface area contributed by atoms with Crippen LogP contribution in [-0.4, -0.2) is 36.4 Å². The quantitative estimate of drug-likeness (QED) is 0.759. The maximum absolute atomic E-state index is 12.7. The number of rotatable bonds is 6. The number of ketones is 1. The fraction of sp³-hybridized carbons (Fsp3) is 0.286. The highest BCUT2D eigenvalue weighted by Crippen LogP contribution is 2.25. The van der Waals surface area contributed by atoms with Crippen LogP contribution >= 0.6 is 15.9 Å². The minimum absolute atomic E-state index is 0.136. The Morgan fingerprint density at radius 3 is 2.80 bits per heavy atom. The van der Waals surface area contributed by atoms with Gasteiger partial charge in [0.15, 0.2) is 0 Å². The van der Waals surface area contributed by atoms with Gasteiger partial charge < -0.3 is 9.47 Å². The zero-order valence-corrected chi connectivity index (χ0v) is 12.9. The molecule has 1 aromatic carbocycles. The zero-order chi connectivity index (χ0) is 14.5. The molecule has 0 aliphatic rings. The van der Waals surface area contributed by atoms with Crippen LogP contribution in [0.1, 0.15) is 16.1 Å². The van der Waals surface area contributed by atoms with Crippen LogP contribution in [-0.2, 0) is 11.3 Å². The Kier molecular flexibility index (Phi) is 4.92. The van der Waals surface area contributed by atoms with Crippen LogP contribution < -0.4 is 4.74 Å². The third kappa shape index (κ3) is 2.91. The van der Waals surface area contributed by atoms with Gasteiger partial charge in [-0.2, -0.15) is 5.10 Å². The van der Waals surface area contributed by atoms with E-state index in [4.69, 9.17) is 9.47 Å². The summed E-state index contributed by atoms with van der Waals surface area (Å²) in [5.41, 5.74) is 1.00. The van der Waals surface area contributed by atoms with Crippen molar-refractivity contribution in [1.82, 2.24) is 9.78 Å². The lowest BCUT2D eigenvalue weighted by atomic mass is 10.1. The maximum atomic E-state index is 12.7. The number of carbonyl (C=O) groups excluding carboxylic acids is 1. The molecular weight excluding hydrogens is 324 g/mol. The second-order valence-corrected chi connectivity index (χ2v) is 4.94. The van der Waals surface area contributed by atoms with Crippen LogP contribution in [0.5, 0.6) is 5.75 Å². The van der Waals surface area contributed by atoms with E-state index in [2.05, 4.69) is 21.0 Å². The number of aromatic nitrogens is 2. The summed E-state index contributed by atoms with van der Waals surface area (Å²) < 4.78 is 12.5. The normalized spacial score (nSPS) is 10.6. The van der Waals surface area contributed by atoms with E-state index in [1.54, 1.807) is 43.3 Å². The van der Waals surface area contributed by atoms with Crippen molar-refractivity contribution in [2.24, 2.45) is 0 Å². The first-order chi connectivity index (χ1) is 9.69. The van der Waals surface area contributed by atoms with Crippen molar-refractivity contribution in [2.45, 2.75) is 6.54 Å². The summed E-state index contributed by atoms with van der Waals surface area (Å²) in [5.74, 6) is 0.409. The van der Waals surface area contributed by atoms with Crippen LogP contribution in [0.4, 0.5) is 0 Å². The van der Waals surface area contributed by atoms with Crippen molar-refractivity contribution in [2.75, 3.05) is 20.8 Å². The summed E-state index contributed by atoms with van der Waals surface area (Å²) in [6.45, 7) is 0.999. The van der Waals surface area contributed by atoms with Crippen molar-refractivity contribution < 1.29 is 14.3 Å². The number of halogens is 1. The van der Waals surface area contributed by atoms with Crippen LogP contribution in [0, 0.1) is 0 Å². The van der Waals surface area contributed by atoms with Crippen molar-refractivity contribution in [3.63, 3.8) is 0 Å². The van der Waals surface area contributed by atoms with Gasteiger partial charge in [-0.25, -0.2) is 0 Å². The maximum Gasteiger partial charge on any atom is 0.215 e. The van der Waals surface area contributed by atoms with E-state index in [1.165, 1.54) is 0 Å². The Hall–Kier alpha value is -1.66. The van der Waals surface area contributed by atoms with E-state index in [0.29, 0.717) is 34.6 Å². The van der Waals surface area contributed by atoms with E-state index >= 15 is 0 Å². The summed E-state index contributed by atoms with van der Waals surface area (Å²) in [4.78, 5) is 12.7. The number of hydrogen-bond acceptors (Lipinski definition) is 4. The van der Waals surface area contributed by atoms with Crippen LogP contribution in [0.3, 0.4) is 0 Å². The van der Waals surface area contributed by atoms with E-state index in [9.17, 15) is 4.79 Å². The Bertz CT molecular complexity index is 610. The van der Waals surface area contributed by atoms with Crippen molar-refractivity contribution in [3.05, 3.63) is 46.2 Å². The van der Waals surface area contributed by atoms with Gasteiger partial charge in [0, 0.05) is 7.11 Å². The number of hydrogen-bond donors (Lipinski definition) is 0. The molecule has 0 aliphatic heterocycles. The van der Waals surface area contributed by atoms with E-state index in [0.717, 1.165) is 0 Å². The zero-order valence-electron chi connectivity index (χ0n) is 11.3. The van der Waals surface area contributed by atoms with Gasteiger partial charge in [0.05, 0.1) is 36.5 Å². The van der Waals surface area contributed by atoms with Gasteiger partial charge in [0.1, 0.15) is 11.4 Å². The lowest BCUT2D eigenvalue weighted by molar-refractivity contribution is 0.102. The second kappa shape index (κ2) is 6.67. The molecule has 1 aromatic heterocycles. The fourth-order valence-corrected chi connectivity index (χ4v) is 2.37. The monoisotopic (exact) mass is 338 g/mol.